The molecule has 1 aromatic heterocycles. The van der Waals surface area contributed by atoms with Gasteiger partial charge in [0.1, 0.15) is 10.7 Å². The number of anilines is 1. The summed E-state index contributed by atoms with van der Waals surface area (Å²) in [6, 6.07) is 17.0. The number of hydrogen-bond donors (Lipinski definition) is 1. The third-order valence-corrected chi connectivity index (χ3v) is 3.76. The molecule has 0 aliphatic carbocycles. The molecule has 5 nitrogen and oxygen atoms in total. The molecule has 0 fully saturated rings. The minimum absolute atomic E-state index is 0.0370. The predicted molar refractivity (Wildman–Crippen MR) is 97.2 cm³/mol. The second kappa shape index (κ2) is 7.10. The molecule has 3 rings (SSSR count). The first-order valence-electron chi connectivity index (χ1n) is 7.34. The fraction of sp³-hybridized carbons (Fsp3) is 0.0556. The van der Waals surface area contributed by atoms with Crippen LogP contribution >= 0.6 is 11.6 Å². The molecule has 0 atom stereocenters. The Kier molecular flexibility index (Phi) is 4.72. The van der Waals surface area contributed by atoms with Crippen LogP contribution in [-0.2, 0) is 0 Å². The maximum atomic E-state index is 12.3. The first-order chi connectivity index (χ1) is 11.6. The molecule has 0 bridgehead atoms. The number of nitrogens with one attached hydrogen (secondary N) is 1. The number of para-hydroxylation sites is 1. The van der Waals surface area contributed by atoms with Crippen LogP contribution < -0.4 is 11.0 Å². The van der Waals surface area contributed by atoms with Gasteiger partial charge < -0.3 is 0 Å². The van der Waals surface area contributed by atoms with Crippen molar-refractivity contribution in [3.63, 3.8) is 0 Å². The summed E-state index contributed by atoms with van der Waals surface area (Å²) in [5, 5.41) is 8.27. The molecular weight excluding hydrogens is 324 g/mol. The molecule has 6 heteroatoms. The fourth-order valence-electron chi connectivity index (χ4n) is 2.09. The Balaban J connectivity index is 1.81. The van der Waals surface area contributed by atoms with E-state index in [-0.39, 0.29) is 5.02 Å². The molecule has 0 aliphatic rings. The SMILES string of the molecule is Cc1ccc(/C=N/Nc2cnn(-c3ccccc3)c(=O)c2Cl)cc1. The van der Waals surface area contributed by atoms with Gasteiger partial charge in [0.2, 0.25) is 0 Å². The second-order valence-electron chi connectivity index (χ2n) is 5.21. The van der Waals surface area contributed by atoms with E-state index in [1.54, 1.807) is 18.3 Å². The number of hydrazone groups is 1. The van der Waals surface area contributed by atoms with Gasteiger partial charge in [0.15, 0.2) is 0 Å². The van der Waals surface area contributed by atoms with Gasteiger partial charge in [-0.25, -0.2) is 0 Å². The van der Waals surface area contributed by atoms with Crippen LogP contribution in [0.4, 0.5) is 5.69 Å². The van der Waals surface area contributed by atoms with Crippen LogP contribution in [0.1, 0.15) is 11.1 Å². The van der Waals surface area contributed by atoms with E-state index in [0.717, 1.165) is 5.56 Å². The highest BCUT2D eigenvalue weighted by atomic mass is 35.5. The van der Waals surface area contributed by atoms with Gasteiger partial charge in [-0.15, -0.1) is 0 Å². The molecule has 0 saturated heterocycles. The van der Waals surface area contributed by atoms with E-state index in [4.69, 9.17) is 11.6 Å². The quantitative estimate of drug-likeness (QED) is 0.583. The first-order valence-corrected chi connectivity index (χ1v) is 7.72. The smallest absolute Gasteiger partial charge is 0.275 e. The van der Waals surface area contributed by atoms with Crippen molar-refractivity contribution in [1.82, 2.24) is 9.78 Å². The Hall–Kier alpha value is -2.92. The Bertz CT molecular complexity index is 918. The monoisotopic (exact) mass is 338 g/mol. The van der Waals surface area contributed by atoms with Crippen LogP contribution in [0.25, 0.3) is 5.69 Å². The number of hydrogen-bond acceptors (Lipinski definition) is 4. The van der Waals surface area contributed by atoms with Crippen molar-refractivity contribution in [3.05, 3.63) is 87.3 Å². The standard InChI is InChI=1S/C18H15ClN4O/c1-13-7-9-14(10-8-13)11-20-22-16-12-21-23(18(24)17(16)19)15-5-3-2-4-6-15/h2-12,22H,1H3/b20-11+. The van der Waals surface area contributed by atoms with Gasteiger partial charge in [-0.1, -0.05) is 59.6 Å². The van der Waals surface area contributed by atoms with Gasteiger partial charge in [0.05, 0.1) is 18.1 Å². The van der Waals surface area contributed by atoms with Crippen LogP contribution in [0.5, 0.6) is 0 Å². The van der Waals surface area contributed by atoms with E-state index in [1.165, 1.54) is 16.4 Å². The molecule has 2 aromatic carbocycles. The van der Waals surface area contributed by atoms with Gasteiger partial charge >= 0.3 is 0 Å². The van der Waals surface area contributed by atoms with Crippen LogP contribution in [0.2, 0.25) is 5.02 Å². The summed E-state index contributed by atoms with van der Waals surface area (Å²) in [5.74, 6) is 0. The van der Waals surface area contributed by atoms with Gasteiger partial charge in [0.25, 0.3) is 5.56 Å². The Labute approximate surface area is 144 Å². The van der Waals surface area contributed by atoms with Crippen molar-refractivity contribution in [2.24, 2.45) is 5.10 Å². The molecule has 0 unspecified atom stereocenters. The van der Waals surface area contributed by atoms with Crippen molar-refractivity contribution in [2.75, 3.05) is 5.43 Å². The Morgan fingerprint density at radius 2 is 1.83 bits per heavy atom. The summed E-state index contributed by atoms with van der Waals surface area (Å²) in [6.07, 6.45) is 3.13. The predicted octanol–water partition coefficient (Wildman–Crippen LogP) is 3.64. The van der Waals surface area contributed by atoms with E-state index in [0.29, 0.717) is 11.4 Å². The van der Waals surface area contributed by atoms with Gasteiger partial charge in [-0.05, 0) is 24.6 Å². The topological polar surface area (TPSA) is 59.3 Å². The van der Waals surface area contributed by atoms with E-state index in [2.05, 4.69) is 15.6 Å². The minimum Gasteiger partial charge on any atom is -0.275 e. The summed E-state index contributed by atoms with van der Waals surface area (Å²) in [5.41, 5.74) is 5.48. The summed E-state index contributed by atoms with van der Waals surface area (Å²) in [4.78, 5) is 12.3. The first kappa shape index (κ1) is 16.0. The zero-order chi connectivity index (χ0) is 16.9. The Morgan fingerprint density at radius 3 is 2.54 bits per heavy atom. The zero-order valence-corrected chi connectivity index (χ0v) is 13.7. The van der Waals surface area contributed by atoms with Gasteiger partial charge in [-0.2, -0.15) is 14.9 Å². The highest BCUT2D eigenvalue weighted by Gasteiger charge is 2.09. The largest absolute Gasteiger partial charge is 0.292 e. The van der Waals surface area contributed by atoms with Gasteiger partial charge in [-0.3, -0.25) is 10.2 Å². The van der Waals surface area contributed by atoms with Crippen molar-refractivity contribution in [1.29, 1.82) is 0 Å². The lowest BCUT2D eigenvalue weighted by Crippen LogP contribution is -2.22. The average Bonchev–Trinajstić information content (AvgIpc) is 2.61. The van der Waals surface area contributed by atoms with Crippen LogP contribution in [0.15, 0.2) is 70.7 Å². The van der Waals surface area contributed by atoms with Crippen LogP contribution in [0, 0.1) is 6.92 Å². The molecule has 1 heterocycles. The molecule has 0 amide bonds. The average molecular weight is 339 g/mol. The van der Waals surface area contributed by atoms with Crippen LogP contribution in [0.3, 0.4) is 0 Å². The van der Waals surface area contributed by atoms with Crippen molar-refractivity contribution in [3.8, 4) is 5.69 Å². The molecule has 1 N–H and O–H groups in total. The number of rotatable bonds is 4. The van der Waals surface area contributed by atoms with E-state index in [9.17, 15) is 4.79 Å². The van der Waals surface area contributed by atoms with Gasteiger partial charge in [0, 0.05) is 0 Å². The van der Waals surface area contributed by atoms with E-state index >= 15 is 0 Å². The number of aromatic nitrogens is 2. The molecule has 0 radical (unpaired) electrons. The third-order valence-electron chi connectivity index (χ3n) is 3.40. The molecule has 120 valence electrons. The van der Waals surface area contributed by atoms with E-state index in [1.807, 2.05) is 49.4 Å². The maximum Gasteiger partial charge on any atom is 0.292 e. The maximum absolute atomic E-state index is 12.3. The highest BCUT2D eigenvalue weighted by Crippen LogP contribution is 2.16. The summed E-state index contributed by atoms with van der Waals surface area (Å²) in [7, 11) is 0. The number of benzene rings is 2. The van der Waals surface area contributed by atoms with E-state index < -0.39 is 5.56 Å². The second-order valence-corrected chi connectivity index (χ2v) is 5.58. The van der Waals surface area contributed by atoms with Crippen molar-refractivity contribution < 1.29 is 0 Å². The summed E-state index contributed by atoms with van der Waals surface area (Å²) in [6.45, 7) is 2.02. The lowest BCUT2D eigenvalue weighted by molar-refractivity contribution is 0.808. The molecule has 0 spiro atoms. The fourth-order valence-corrected chi connectivity index (χ4v) is 2.26. The molecule has 24 heavy (non-hydrogen) atoms. The van der Waals surface area contributed by atoms with Crippen molar-refractivity contribution >= 4 is 23.5 Å². The van der Waals surface area contributed by atoms with Crippen LogP contribution in [-0.4, -0.2) is 16.0 Å². The minimum atomic E-state index is -0.404. The van der Waals surface area contributed by atoms with Crippen molar-refractivity contribution in [2.45, 2.75) is 6.92 Å². The molecule has 0 saturated carbocycles. The lowest BCUT2D eigenvalue weighted by Gasteiger charge is -2.07. The lowest BCUT2D eigenvalue weighted by atomic mass is 10.2. The highest BCUT2D eigenvalue weighted by molar-refractivity contribution is 6.32. The zero-order valence-electron chi connectivity index (χ0n) is 13.0. The number of nitrogens with zero attached hydrogens (tertiary/aromatic N) is 3. The molecule has 0 aliphatic heterocycles. The summed E-state index contributed by atoms with van der Waals surface area (Å²) < 4.78 is 1.25. The summed E-state index contributed by atoms with van der Waals surface area (Å²) >= 11 is 6.14. The Morgan fingerprint density at radius 1 is 1.12 bits per heavy atom. The number of aryl methyl sites for hydroxylation is 1. The third kappa shape index (κ3) is 3.52. The molecule has 3 aromatic rings. The number of halogens is 1. The molecular formula is C18H15ClN4O. The normalized spacial score (nSPS) is 10.9.